The number of likely N-dealkylation sites (N-methyl/N-ethyl adjacent to an activating group) is 1. The minimum absolute atomic E-state index is 0.0161. The molecule has 1 heterocycles. The number of benzene rings is 1. The van der Waals surface area contributed by atoms with Crippen LogP contribution < -0.4 is 9.84 Å². The summed E-state index contributed by atoms with van der Waals surface area (Å²) in [5.41, 5.74) is -1.60. The molecule has 0 spiro atoms. The topological polar surface area (TPSA) is 118 Å². The van der Waals surface area contributed by atoms with Crippen LogP contribution in [-0.4, -0.2) is 65.1 Å². The molecule has 1 aliphatic heterocycles. The van der Waals surface area contributed by atoms with Gasteiger partial charge in [-0.05, 0) is 19.1 Å². The van der Waals surface area contributed by atoms with Crippen molar-refractivity contribution in [1.82, 2.24) is 10.2 Å². The first-order chi connectivity index (χ1) is 12.9. The molecule has 10 heteroatoms. The van der Waals surface area contributed by atoms with Gasteiger partial charge in [0.15, 0.2) is 6.23 Å². The van der Waals surface area contributed by atoms with Crippen LogP contribution in [0.3, 0.4) is 0 Å². The van der Waals surface area contributed by atoms with Gasteiger partial charge in [-0.3, -0.25) is 14.9 Å². The van der Waals surface area contributed by atoms with Crippen molar-refractivity contribution in [1.29, 1.82) is 0 Å². The first-order valence-corrected chi connectivity index (χ1v) is 8.96. The minimum Gasteiger partial charge on any atom is -0.450 e. The van der Waals surface area contributed by atoms with Crippen molar-refractivity contribution >= 4 is 21.4 Å². The molecule has 1 fully saturated rings. The number of rotatable bonds is 9. The Labute approximate surface area is 158 Å². The lowest BCUT2D eigenvalue weighted by atomic mass is 9.96. The van der Waals surface area contributed by atoms with E-state index in [0.717, 1.165) is 6.08 Å². The molecule has 2 rings (SSSR count). The Hall–Kier alpha value is -2.03. The van der Waals surface area contributed by atoms with Gasteiger partial charge in [-0.1, -0.05) is 18.2 Å². The van der Waals surface area contributed by atoms with Gasteiger partial charge < -0.3 is 28.9 Å². The molecule has 3 N–H and O–H groups in total. The van der Waals surface area contributed by atoms with E-state index in [4.69, 9.17) is 13.8 Å². The molecular weight excluding hydrogens is 375 g/mol. The van der Waals surface area contributed by atoms with E-state index in [1.54, 1.807) is 19.2 Å². The predicted octanol–water partition coefficient (Wildman–Crippen LogP) is 0.145. The maximum Gasteiger partial charge on any atom is 0.251 e. The highest BCUT2D eigenvalue weighted by Gasteiger charge is 2.53. The van der Waals surface area contributed by atoms with Crippen molar-refractivity contribution in [3.63, 3.8) is 0 Å². The summed E-state index contributed by atoms with van der Waals surface area (Å²) in [6.07, 6.45) is -0.183. The molecule has 5 atom stereocenters. The lowest BCUT2D eigenvalue weighted by Crippen LogP contribution is -2.50. The largest absolute Gasteiger partial charge is 0.450 e. The van der Waals surface area contributed by atoms with E-state index in [1.807, 2.05) is 23.5 Å². The number of imide groups is 1. The third-order valence-corrected chi connectivity index (χ3v) is 4.60. The van der Waals surface area contributed by atoms with E-state index in [-0.39, 0.29) is 22.1 Å². The van der Waals surface area contributed by atoms with Crippen LogP contribution in [0.2, 0.25) is 0 Å². The predicted molar refractivity (Wildman–Crippen MR) is 97.7 cm³/mol. The zero-order chi connectivity index (χ0) is 19.9. The van der Waals surface area contributed by atoms with Crippen LogP contribution in [0.4, 0.5) is 0 Å². The third kappa shape index (κ3) is 5.72. The SMILES string of the molecule is CN(/C=C\C(=O)NC=O)[C@@H]1O[C@H](COPOc2ccccc2)C(O)[C@@]1(C)O. The highest BCUT2D eigenvalue weighted by Crippen LogP contribution is 2.34. The number of carbonyl (C=O) groups excluding carboxylic acids is 2. The van der Waals surface area contributed by atoms with Crippen LogP contribution in [0.1, 0.15) is 6.92 Å². The van der Waals surface area contributed by atoms with Gasteiger partial charge in [-0.15, -0.1) is 0 Å². The number of aliphatic hydroxyl groups excluding tert-OH is 1. The number of para-hydroxylation sites is 1. The van der Waals surface area contributed by atoms with Crippen LogP contribution in [0.15, 0.2) is 42.6 Å². The second-order valence-corrected chi connectivity index (χ2v) is 6.77. The van der Waals surface area contributed by atoms with E-state index in [9.17, 15) is 19.8 Å². The average Bonchev–Trinajstić information content (AvgIpc) is 2.88. The molecular formula is C17H23N2O7P. The quantitative estimate of drug-likeness (QED) is 0.233. The summed E-state index contributed by atoms with van der Waals surface area (Å²) < 4.78 is 16.5. The molecule has 1 aromatic rings. The van der Waals surface area contributed by atoms with Gasteiger partial charge in [-0.2, -0.15) is 0 Å². The van der Waals surface area contributed by atoms with Crippen molar-refractivity contribution in [3.05, 3.63) is 42.6 Å². The fourth-order valence-corrected chi connectivity index (χ4v) is 3.11. The molecule has 1 saturated heterocycles. The number of hydrogen-bond acceptors (Lipinski definition) is 8. The normalized spacial score (nSPS) is 27.9. The summed E-state index contributed by atoms with van der Waals surface area (Å²) >= 11 is 0. The zero-order valence-corrected chi connectivity index (χ0v) is 15.9. The van der Waals surface area contributed by atoms with E-state index in [2.05, 4.69) is 0 Å². The summed E-state index contributed by atoms with van der Waals surface area (Å²) in [6.45, 7) is 1.45. The first-order valence-electron chi connectivity index (χ1n) is 8.15. The smallest absolute Gasteiger partial charge is 0.251 e. The van der Waals surface area contributed by atoms with Crippen molar-refractivity contribution < 1.29 is 33.6 Å². The fraction of sp³-hybridized carbons (Fsp3) is 0.412. The van der Waals surface area contributed by atoms with Crippen molar-refractivity contribution in [3.8, 4) is 5.75 Å². The highest BCUT2D eigenvalue weighted by molar-refractivity contribution is 7.26. The number of carbonyl (C=O) groups is 2. The molecule has 2 unspecified atom stereocenters. The molecule has 2 amide bonds. The van der Waals surface area contributed by atoms with Crippen LogP contribution in [0, 0.1) is 0 Å². The Bertz CT molecular complexity index is 656. The van der Waals surface area contributed by atoms with Gasteiger partial charge in [0, 0.05) is 19.3 Å². The average molecular weight is 398 g/mol. The van der Waals surface area contributed by atoms with Crippen LogP contribution >= 0.6 is 9.03 Å². The highest BCUT2D eigenvalue weighted by atomic mass is 31.1. The second-order valence-electron chi connectivity index (χ2n) is 6.11. The van der Waals surface area contributed by atoms with Crippen molar-refractivity contribution in [2.45, 2.75) is 31.0 Å². The molecule has 0 radical (unpaired) electrons. The number of amides is 2. The van der Waals surface area contributed by atoms with Crippen LogP contribution in [0.5, 0.6) is 5.75 Å². The molecule has 148 valence electrons. The second kappa shape index (κ2) is 9.77. The zero-order valence-electron chi connectivity index (χ0n) is 14.9. The van der Waals surface area contributed by atoms with E-state index < -0.39 is 29.9 Å². The molecule has 1 aromatic carbocycles. The van der Waals surface area contributed by atoms with Crippen LogP contribution in [-0.2, 0) is 18.8 Å². The maximum absolute atomic E-state index is 11.3. The maximum atomic E-state index is 11.3. The molecule has 27 heavy (non-hydrogen) atoms. The summed E-state index contributed by atoms with van der Waals surface area (Å²) in [7, 11) is 1.27. The van der Waals surface area contributed by atoms with Crippen LogP contribution in [0.25, 0.3) is 0 Å². The molecule has 0 aromatic heterocycles. The third-order valence-electron chi connectivity index (χ3n) is 4.00. The lowest BCUT2D eigenvalue weighted by molar-refractivity contribution is -0.122. The summed E-state index contributed by atoms with van der Waals surface area (Å²) in [5.74, 6) is 0.0428. The molecule has 9 nitrogen and oxygen atoms in total. The monoisotopic (exact) mass is 398 g/mol. The Balaban J connectivity index is 1.86. The standard InChI is InChI=1S/C17H23N2O7P/c1-17(23)15(22)13(10-24-27-26-12-6-4-3-5-7-12)25-16(17)19(2)9-8-14(21)18-11-20/h3-9,11,13,15-16,22-23,27H,10H2,1-2H3,(H,18,20,21)/b9-8-/t13-,15?,16-,17-/m1/s1. The Morgan fingerprint density at radius 1 is 1.44 bits per heavy atom. The van der Waals surface area contributed by atoms with Gasteiger partial charge in [0.05, 0.1) is 6.61 Å². The molecule has 0 saturated carbocycles. The van der Waals surface area contributed by atoms with E-state index in [0.29, 0.717) is 5.75 Å². The Morgan fingerprint density at radius 3 is 2.81 bits per heavy atom. The molecule has 0 bridgehead atoms. The van der Waals surface area contributed by atoms with Gasteiger partial charge in [0.25, 0.3) is 5.91 Å². The molecule has 1 aliphatic rings. The molecule has 0 aliphatic carbocycles. The Kier molecular flexibility index (Phi) is 7.70. The summed E-state index contributed by atoms with van der Waals surface area (Å²) in [6, 6.07) is 9.13. The van der Waals surface area contributed by atoms with E-state index in [1.165, 1.54) is 18.0 Å². The number of nitrogens with zero attached hydrogens (tertiary/aromatic N) is 1. The van der Waals surface area contributed by atoms with Gasteiger partial charge >= 0.3 is 0 Å². The Morgan fingerprint density at radius 2 is 2.15 bits per heavy atom. The van der Waals surface area contributed by atoms with Gasteiger partial charge in [0.1, 0.15) is 23.6 Å². The first kappa shape index (κ1) is 21.3. The van der Waals surface area contributed by atoms with Gasteiger partial charge in [-0.25, -0.2) is 0 Å². The van der Waals surface area contributed by atoms with Crippen molar-refractivity contribution in [2.75, 3.05) is 13.7 Å². The summed E-state index contributed by atoms with van der Waals surface area (Å²) in [4.78, 5) is 22.9. The van der Waals surface area contributed by atoms with Gasteiger partial charge in [0.2, 0.25) is 15.4 Å². The number of aliphatic hydroxyl groups is 2. The number of ether oxygens (including phenoxy) is 1. The van der Waals surface area contributed by atoms with E-state index >= 15 is 0 Å². The van der Waals surface area contributed by atoms with Crippen molar-refractivity contribution in [2.24, 2.45) is 0 Å². The number of hydrogen-bond donors (Lipinski definition) is 3. The summed E-state index contributed by atoms with van der Waals surface area (Å²) in [5, 5.41) is 22.9. The number of nitrogens with one attached hydrogen (secondary N) is 1. The lowest BCUT2D eigenvalue weighted by Gasteiger charge is -2.32. The minimum atomic E-state index is -1.60. The fourth-order valence-electron chi connectivity index (χ4n) is 2.59.